The van der Waals surface area contributed by atoms with E-state index in [2.05, 4.69) is 84.0 Å². The molecule has 0 saturated heterocycles. The van der Waals surface area contributed by atoms with Gasteiger partial charge in [-0.05, 0) is 57.7 Å². The standard InChI is InChI=1S/C26H30O2S/c1-16(11-24(27)28)23-15-21-20(9-8-10-22(21)29-23)17-12-18(25(2,3)4)14-19(13-17)26(5,6)7/h8-15H,1-7H3,(H,27,28). The lowest BCUT2D eigenvalue weighted by Gasteiger charge is -2.26. The number of carbonyl (C=O) groups is 1. The van der Waals surface area contributed by atoms with E-state index < -0.39 is 5.97 Å². The van der Waals surface area contributed by atoms with E-state index in [0.29, 0.717) is 0 Å². The number of rotatable bonds is 3. The molecule has 0 fully saturated rings. The third-order valence-electron chi connectivity index (χ3n) is 5.27. The van der Waals surface area contributed by atoms with Crippen molar-refractivity contribution in [1.82, 2.24) is 0 Å². The van der Waals surface area contributed by atoms with Crippen molar-refractivity contribution in [3.05, 3.63) is 64.5 Å². The van der Waals surface area contributed by atoms with Gasteiger partial charge >= 0.3 is 5.97 Å². The van der Waals surface area contributed by atoms with Crippen LogP contribution in [0.5, 0.6) is 0 Å². The van der Waals surface area contributed by atoms with Crippen molar-refractivity contribution in [1.29, 1.82) is 0 Å². The van der Waals surface area contributed by atoms with Crippen LogP contribution in [-0.4, -0.2) is 11.1 Å². The van der Waals surface area contributed by atoms with Crippen LogP contribution in [0.4, 0.5) is 0 Å². The highest BCUT2D eigenvalue weighted by Crippen LogP contribution is 2.39. The van der Waals surface area contributed by atoms with Crippen molar-refractivity contribution in [2.45, 2.75) is 59.3 Å². The zero-order valence-corrected chi connectivity index (χ0v) is 19.2. The van der Waals surface area contributed by atoms with E-state index in [-0.39, 0.29) is 10.8 Å². The SMILES string of the molecule is CC(=CC(=O)O)c1cc2c(-c3cc(C(C)(C)C)cc(C(C)(C)C)c3)cccc2s1. The molecule has 0 unspecified atom stereocenters. The summed E-state index contributed by atoms with van der Waals surface area (Å²) in [7, 11) is 0. The van der Waals surface area contributed by atoms with Crippen molar-refractivity contribution in [2.24, 2.45) is 0 Å². The maximum absolute atomic E-state index is 11.1. The molecule has 1 N–H and O–H groups in total. The highest BCUT2D eigenvalue weighted by Gasteiger charge is 2.21. The molecule has 2 aromatic carbocycles. The summed E-state index contributed by atoms with van der Waals surface area (Å²) < 4.78 is 1.18. The molecule has 0 aliphatic heterocycles. The number of fused-ring (bicyclic) bond motifs is 1. The average Bonchev–Trinajstić information content (AvgIpc) is 3.03. The van der Waals surface area contributed by atoms with Gasteiger partial charge in [-0.3, -0.25) is 0 Å². The largest absolute Gasteiger partial charge is 0.478 e. The number of aliphatic carboxylic acids is 1. The number of carboxylic acids is 1. The molecule has 0 aliphatic rings. The van der Waals surface area contributed by atoms with Crippen molar-refractivity contribution in [3.63, 3.8) is 0 Å². The first-order chi connectivity index (χ1) is 13.4. The zero-order valence-electron chi connectivity index (χ0n) is 18.4. The molecule has 29 heavy (non-hydrogen) atoms. The van der Waals surface area contributed by atoms with Crippen LogP contribution in [0.25, 0.3) is 26.8 Å². The van der Waals surface area contributed by atoms with Crippen LogP contribution in [0.3, 0.4) is 0 Å². The van der Waals surface area contributed by atoms with Gasteiger partial charge in [0.15, 0.2) is 0 Å². The molecule has 3 aromatic rings. The summed E-state index contributed by atoms with van der Waals surface area (Å²) >= 11 is 1.64. The number of thiophene rings is 1. The van der Waals surface area contributed by atoms with Crippen LogP contribution in [0.2, 0.25) is 0 Å². The fourth-order valence-electron chi connectivity index (χ4n) is 3.41. The highest BCUT2D eigenvalue weighted by atomic mass is 32.1. The first kappa shape index (κ1) is 21.3. The van der Waals surface area contributed by atoms with E-state index in [1.807, 2.05) is 6.92 Å². The Morgan fingerprint density at radius 3 is 2.03 bits per heavy atom. The van der Waals surface area contributed by atoms with Crippen molar-refractivity contribution < 1.29 is 9.90 Å². The summed E-state index contributed by atoms with van der Waals surface area (Å²) in [5.41, 5.74) is 5.98. The van der Waals surface area contributed by atoms with Gasteiger partial charge in [0.25, 0.3) is 0 Å². The Hall–Kier alpha value is -2.39. The zero-order chi connectivity index (χ0) is 21.6. The number of allylic oxidation sites excluding steroid dienone is 1. The number of hydrogen-bond donors (Lipinski definition) is 1. The number of hydrogen-bond acceptors (Lipinski definition) is 2. The summed E-state index contributed by atoms with van der Waals surface area (Å²) in [6, 6.07) is 15.5. The second-order valence-corrected chi connectivity index (χ2v) is 10.9. The van der Waals surface area contributed by atoms with E-state index in [0.717, 1.165) is 10.5 Å². The van der Waals surface area contributed by atoms with Gasteiger partial charge < -0.3 is 5.11 Å². The Kier molecular flexibility index (Phi) is 5.48. The van der Waals surface area contributed by atoms with Crippen LogP contribution in [-0.2, 0) is 15.6 Å². The van der Waals surface area contributed by atoms with Crippen LogP contribution < -0.4 is 0 Å². The van der Waals surface area contributed by atoms with E-state index in [1.54, 1.807) is 11.3 Å². The van der Waals surface area contributed by atoms with Gasteiger partial charge in [0.05, 0.1) is 0 Å². The van der Waals surface area contributed by atoms with Crippen molar-refractivity contribution >= 4 is 33.0 Å². The van der Waals surface area contributed by atoms with Gasteiger partial charge in [0.2, 0.25) is 0 Å². The number of benzene rings is 2. The van der Waals surface area contributed by atoms with Gasteiger partial charge in [0, 0.05) is 21.0 Å². The molecule has 1 heterocycles. The number of carboxylic acid groups (broad SMARTS) is 1. The van der Waals surface area contributed by atoms with Crippen LogP contribution in [0.15, 0.2) is 48.5 Å². The first-order valence-electron chi connectivity index (χ1n) is 9.97. The second-order valence-electron chi connectivity index (χ2n) is 9.79. The lowest BCUT2D eigenvalue weighted by Crippen LogP contribution is -2.16. The summed E-state index contributed by atoms with van der Waals surface area (Å²) in [6.07, 6.45) is 1.28. The molecule has 0 radical (unpaired) electrons. The van der Waals surface area contributed by atoms with E-state index in [1.165, 1.54) is 38.4 Å². The molecule has 0 spiro atoms. The summed E-state index contributed by atoms with van der Waals surface area (Å²) in [4.78, 5) is 12.1. The predicted octanol–water partition coefficient (Wildman–Crippen LogP) is 7.65. The molecule has 0 atom stereocenters. The fourth-order valence-corrected chi connectivity index (χ4v) is 4.47. The van der Waals surface area contributed by atoms with Gasteiger partial charge in [-0.25, -0.2) is 4.79 Å². The van der Waals surface area contributed by atoms with E-state index >= 15 is 0 Å². The Morgan fingerprint density at radius 2 is 1.52 bits per heavy atom. The molecule has 0 aliphatic carbocycles. The fraction of sp³-hybridized carbons (Fsp3) is 0.346. The van der Waals surface area contributed by atoms with E-state index in [9.17, 15) is 4.79 Å². The molecule has 152 valence electrons. The second kappa shape index (κ2) is 7.46. The summed E-state index contributed by atoms with van der Waals surface area (Å²) in [5.74, 6) is -0.909. The van der Waals surface area contributed by atoms with Gasteiger partial charge in [-0.2, -0.15) is 0 Å². The lowest BCUT2D eigenvalue weighted by molar-refractivity contribution is -0.131. The van der Waals surface area contributed by atoms with Crippen molar-refractivity contribution in [2.75, 3.05) is 0 Å². The minimum absolute atomic E-state index is 0.0600. The topological polar surface area (TPSA) is 37.3 Å². The normalized spacial score (nSPS) is 13.1. The van der Waals surface area contributed by atoms with Gasteiger partial charge in [-0.15, -0.1) is 11.3 Å². The van der Waals surface area contributed by atoms with Gasteiger partial charge in [-0.1, -0.05) is 71.9 Å². The molecule has 2 nitrogen and oxygen atoms in total. The molecule has 0 saturated carbocycles. The molecule has 1 aromatic heterocycles. The van der Waals surface area contributed by atoms with Crippen LogP contribution >= 0.6 is 11.3 Å². The molecule has 0 bridgehead atoms. The molecule has 3 rings (SSSR count). The minimum Gasteiger partial charge on any atom is -0.478 e. The Balaban J connectivity index is 2.25. The quantitative estimate of drug-likeness (QED) is 0.453. The summed E-state index contributed by atoms with van der Waals surface area (Å²) in [5, 5.41) is 10.3. The monoisotopic (exact) mass is 406 g/mol. The minimum atomic E-state index is -0.909. The highest BCUT2D eigenvalue weighted by molar-refractivity contribution is 7.20. The van der Waals surface area contributed by atoms with Crippen molar-refractivity contribution in [3.8, 4) is 11.1 Å². The van der Waals surface area contributed by atoms with E-state index in [4.69, 9.17) is 5.11 Å². The molecular formula is C26H30O2S. The third-order valence-corrected chi connectivity index (χ3v) is 6.50. The molecule has 0 amide bonds. The van der Waals surface area contributed by atoms with Crippen LogP contribution in [0.1, 0.15) is 64.5 Å². The molecule has 3 heteroatoms. The Morgan fingerprint density at radius 1 is 0.931 bits per heavy atom. The average molecular weight is 407 g/mol. The van der Waals surface area contributed by atoms with Gasteiger partial charge in [0.1, 0.15) is 0 Å². The summed E-state index contributed by atoms with van der Waals surface area (Å²) in [6.45, 7) is 15.4. The third kappa shape index (κ3) is 4.62. The Labute approximate surface area is 177 Å². The predicted molar refractivity (Wildman–Crippen MR) is 126 cm³/mol. The Bertz CT molecular complexity index is 1070. The first-order valence-corrected chi connectivity index (χ1v) is 10.8. The molecular weight excluding hydrogens is 376 g/mol. The maximum atomic E-state index is 11.1. The van der Waals surface area contributed by atoms with Crippen LogP contribution in [0, 0.1) is 0 Å². The maximum Gasteiger partial charge on any atom is 0.328 e. The lowest BCUT2D eigenvalue weighted by atomic mass is 9.78. The smallest absolute Gasteiger partial charge is 0.328 e.